The van der Waals surface area contributed by atoms with Crippen LogP contribution in [0.3, 0.4) is 0 Å². The number of thiophene rings is 1. The number of aromatic nitrogens is 6. The minimum absolute atomic E-state index is 0.0284. The fraction of sp³-hybridized carbons (Fsp3) is 0.167. The van der Waals surface area contributed by atoms with Crippen LogP contribution in [-0.4, -0.2) is 41.6 Å². The van der Waals surface area contributed by atoms with Crippen molar-refractivity contribution in [1.29, 1.82) is 0 Å². The lowest BCUT2D eigenvalue weighted by atomic mass is 10.1. The molecule has 2 N–H and O–H groups in total. The molecule has 0 saturated carbocycles. The summed E-state index contributed by atoms with van der Waals surface area (Å²) in [6.07, 6.45) is -1.37. The lowest BCUT2D eigenvalue weighted by Crippen LogP contribution is -2.17. The van der Waals surface area contributed by atoms with Crippen molar-refractivity contribution < 1.29 is 18.0 Å². The molecule has 0 saturated heterocycles. The topological polar surface area (TPSA) is 101 Å². The second kappa shape index (κ2) is 8.89. The summed E-state index contributed by atoms with van der Waals surface area (Å²) in [5.74, 6) is 0.0792. The van der Waals surface area contributed by atoms with Gasteiger partial charge in [0.1, 0.15) is 18.5 Å². The summed E-state index contributed by atoms with van der Waals surface area (Å²) in [6, 6.07) is 6.94. The number of hydrogen-bond acceptors (Lipinski definition) is 7. The number of benzene rings is 1. The Labute approximate surface area is 181 Å². The first-order chi connectivity index (χ1) is 14.9. The van der Waals surface area contributed by atoms with Crippen molar-refractivity contribution in [3.8, 4) is 5.69 Å². The minimum Gasteiger partial charge on any atom is -0.323 e. The largest absolute Gasteiger partial charge is 0.416 e. The molecule has 3 heterocycles. The maximum absolute atomic E-state index is 13.1. The van der Waals surface area contributed by atoms with E-state index in [2.05, 4.69) is 30.6 Å². The van der Waals surface area contributed by atoms with E-state index < -0.39 is 17.6 Å². The second-order valence-electron chi connectivity index (χ2n) is 6.23. The maximum atomic E-state index is 13.1. The Morgan fingerprint density at radius 2 is 2.16 bits per heavy atom. The van der Waals surface area contributed by atoms with E-state index in [1.54, 1.807) is 11.3 Å². The van der Waals surface area contributed by atoms with Crippen molar-refractivity contribution in [2.75, 3.05) is 11.1 Å². The molecule has 1 amide bonds. The summed E-state index contributed by atoms with van der Waals surface area (Å²) in [7, 11) is 0. The third-order valence-electron chi connectivity index (χ3n) is 4.03. The molecule has 0 unspecified atom stereocenters. The van der Waals surface area contributed by atoms with E-state index in [9.17, 15) is 18.0 Å². The summed E-state index contributed by atoms with van der Waals surface area (Å²) in [6.45, 7) is 0. The number of nitrogens with zero attached hydrogens (tertiary/aromatic N) is 5. The standard InChI is InChI=1S/C18H14F3N7OS2/c19-18(20,21)11-3-4-14(28-10-22-9-23-28)13(6-11)24-16(29)8-31-17-25-15(26-27-17)7-12-2-1-5-30-12/h1-6,9-10H,7-8H2,(H,24,29)(H,25,26,27). The number of carbonyl (C=O) groups excluding carboxylic acids is 1. The molecule has 13 heteroatoms. The van der Waals surface area contributed by atoms with E-state index in [0.717, 1.165) is 28.8 Å². The smallest absolute Gasteiger partial charge is 0.323 e. The number of nitrogens with one attached hydrogen (secondary N) is 2. The maximum Gasteiger partial charge on any atom is 0.416 e. The molecule has 4 rings (SSSR count). The van der Waals surface area contributed by atoms with Crippen LogP contribution in [-0.2, 0) is 17.4 Å². The van der Waals surface area contributed by atoms with E-state index >= 15 is 0 Å². The Morgan fingerprint density at radius 3 is 2.87 bits per heavy atom. The summed E-state index contributed by atoms with van der Waals surface area (Å²) >= 11 is 2.67. The molecule has 0 fully saturated rings. The van der Waals surface area contributed by atoms with Crippen molar-refractivity contribution in [1.82, 2.24) is 29.9 Å². The van der Waals surface area contributed by atoms with Gasteiger partial charge in [-0.25, -0.2) is 14.6 Å². The van der Waals surface area contributed by atoms with Gasteiger partial charge in [0.05, 0.1) is 22.7 Å². The van der Waals surface area contributed by atoms with Gasteiger partial charge in [-0.2, -0.15) is 18.3 Å². The van der Waals surface area contributed by atoms with Gasteiger partial charge in [0, 0.05) is 11.3 Å². The van der Waals surface area contributed by atoms with Crippen LogP contribution >= 0.6 is 23.1 Å². The van der Waals surface area contributed by atoms with Crippen LogP contribution in [0.4, 0.5) is 18.9 Å². The molecule has 0 aliphatic carbocycles. The van der Waals surface area contributed by atoms with Gasteiger partial charge in [0.15, 0.2) is 0 Å². The van der Waals surface area contributed by atoms with Crippen molar-refractivity contribution in [3.63, 3.8) is 0 Å². The van der Waals surface area contributed by atoms with Gasteiger partial charge in [-0.3, -0.25) is 9.89 Å². The molecular formula is C18H14F3N7OS2. The summed E-state index contributed by atoms with van der Waals surface area (Å²) in [4.78, 5) is 21.6. The van der Waals surface area contributed by atoms with E-state index in [-0.39, 0.29) is 17.1 Å². The molecule has 4 aromatic rings. The number of halogens is 3. The Bertz CT molecular complexity index is 1160. The predicted octanol–water partition coefficient (Wildman–Crippen LogP) is 3.79. The molecule has 0 aliphatic heterocycles. The van der Waals surface area contributed by atoms with Crippen molar-refractivity contribution >= 4 is 34.7 Å². The van der Waals surface area contributed by atoms with Crippen molar-refractivity contribution in [2.24, 2.45) is 0 Å². The van der Waals surface area contributed by atoms with E-state index in [4.69, 9.17) is 0 Å². The lowest BCUT2D eigenvalue weighted by molar-refractivity contribution is -0.137. The zero-order valence-electron chi connectivity index (χ0n) is 15.6. The minimum atomic E-state index is -4.55. The van der Waals surface area contributed by atoms with E-state index in [1.807, 2.05) is 17.5 Å². The highest BCUT2D eigenvalue weighted by Gasteiger charge is 2.31. The Balaban J connectivity index is 1.43. The van der Waals surface area contributed by atoms with Crippen LogP contribution in [0, 0.1) is 0 Å². The number of thioether (sulfide) groups is 1. The third kappa shape index (κ3) is 5.30. The first kappa shape index (κ1) is 21.1. The molecule has 1 aromatic carbocycles. The number of amides is 1. The van der Waals surface area contributed by atoms with Crippen LogP contribution in [0.1, 0.15) is 16.3 Å². The molecule has 31 heavy (non-hydrogen) atoms. The fourth-order valence-corrected chi connectivity index (χ4v) is 3.99. The number of alkyl halides is 3. The molecular weight excluding hydrogens is 451 g/mol. The van der Waals surface area contributed by atoms with Crippen LogP contribution in [0.25, 0.3) is 5.69 Å². The van der Waals surface area contributed by atoms with Gasteiger partial charge in [-0.05, 0) is 29.6 Å². The molecule has 0 aliphatic rings. The zero-order valence-corrected chi connectivity index (χ0v) is 17.3. The highest BCUT2D eigenvalue weighted by atomic mass is 32.2. The highest BCUT2D eigenvalue weighted by Crippen LogP contribution is 2.33. The average molecular weight is 465 g/mol. The molecule has 0 spiro atoms. The van der Waals surface area contributed by atoms with E-state index in [0.29, 0.717) is 17.4 Å². The quantitative estimate of drug-likeness (QED) is 0.403. The fourth-order valence-electron chi connectivity index (χ4n) is 2.66. The number of aromatic amines is 1. The predicted molar refractivity (Wildman–Crippen MR) is 109 cm³/mol. The number of anilines is 1. The molecule has 0 bridgehead atoms. The van der Waals surface area contributed by atoms with Crippen LogP contribution in [0.15, 0.2) is 53.5 Å². The third-order valence-corrected chi connectivity index (χ3v) is 5.75. The van der Waals surface area contributed by atoms with Gasteiger partial charge in [0.2, 0.25) is 11.1 Å². The van der Waals surface area contributed by atoms with Crippen molar-refractivity contribution in [2.45, 2.75) is 17.8 Å². The lowest BCUT2D eigenvalue weighted by Gasteiger charge is -2.14. The van der Waals surface area contributed by atoms with E-state index in [1.165, 1.54) is 23.4 Å². The average Bonchev–Trinajstić information content (AvgIpc) is 3.49. The molecule has 3 aromatic heterocycles. The Hall–Kier alpha value is -3.19. The normalized spacial score (nSPS) is 11.6. The number of hydrogen-bond donors (Lipinski definition) is 2. The summed E-state index contributed by atoms with van der Waals surface area (Å²) in [5, 5.41) is 15.7. The monoisotopic (exact) mass is 465 g/mol. The first-order valence-electron chi connectivity index (χ1n) is 8.81. The number of carbonyl (C=O) groups is 1. The molecule has 8 nitrogen and oxygen atoms in total. The first-order valence-corrected chi connectivity index (χ1v) is 10.7. The molecule has 0 radical (unpaired) electrons. The SMILES string of the molecule is O=C(CSc1n[nH]c(Cc2cccs2)n1)Nc1cc(C(F)(F)F)ccc1-n1cncn1. The molecule has 160 valence electrons. The van der Waals surface area contributed by atoms with Gasteiger partial charge < -0.3 is 5.32 Å². The number of rotatable bonds is 7. The Kier molecular flexibility index (Phi) is 6.04. The number of H-pyrrole nitrogens is 1. The highest BCUT2D eigenvalue weighted by molar-refractivity contribution is 7.99. The van der Waals surface area contributed by atoms with Gasteiger partial charge in [0.25, 0.3) is 0 Å². The van der Waals surface area contributed by atoms with Gasteiger partial charge >= 0.3 is 6.18 Å². The summed E-state index contributed by atoms with van der Waals surface area (Å²) < 4.78 is 40.6. The molecule has 0 atom stereocenters. The van der Waals surface area contributed by atoms with Gasteiger partial charge in [-0.15, -0.1) is 16.4 Å². The van der Waals surface area contributed by atoms with Crippen LogP contribution < -0.4 is 5.32 Å². The van der Waals surface area contributed by atoms with Crippen LogP contribution in [0.2, 0.25) is 0 Å². The second-order valence-corrected chi connectivity index (χ2v) is 8.20. The zero-order chi connectivity index (χ0) is 21.8. The van der Waals surface area contributed by atoms with Crippen LogP contribution in [0.5, 0.6) is 0 Å². The summed E-state index contributed by atoms with van der Waals surface area (Å²) in [5.41, 5.74) is -0.647. The van der Waals surface area contributed by atoms with Crippen molar-refractivity contribution in [3.05, 3.63) is 64.6 Å². The van der Waals surface area contributed by atoms with Gasteiger partial charge in [-0.1, -0.05) is 17.8 Å². The Morgan fingerprint density at radius 1 is 1.29 bits per heavy atom.